The highest BCUT2D eigenvalue weighted by Gasteiger charge is 2.25. The van der Waals surface area contributed by atoms with Crippen LogP contribution in [-0.4, -0.2) is 39.0 Å². The van der Waals surface area contributed by atoms with Gasteiger partial charge in [-0.2, -0.15) is 9.97 Å². The molecule has 0 N–H and O–H groups in total. The number of aryl methyl sites for hydroxylation is 4. The van der Waals surface area contributed by atoms with Gasteiger partial charge in [0.25, 0.3) is 11.8 Å². The molecule has 0 radical (unpaired) electrons. The van der Waals surface area contributed by atoms with Gasteiger partial charge in [-0.1, -0.05) is 38.1 Å². The predicted octanol–water partition coefficient (Wildman–Crippen LogP) is 5.57. The summed E-state index contributed by atoms with van der Waals surface area (Å²) in [6.07, 6.45) is 6.39. The van der Waals surface area contributed by atoms with Crippen LogP contribution in [0.3, 0.4) is 0 Å². The third-order valence-electron chi connectivity index (χ3n) is 7.13. The Balaban J connectivity index is 1.26. The van der Waals surface area contributed by atoms with E-state index in [2.05, 4.69) is 68.0 Å². The van der Waals surface area contributed by atoms with Gasteiger partial charge in [0.15, 0.2) is 22.3 Å². The summed E-state index contributed by atoms with van der Waals surface area (Å²) in [6.45, 7) is 8.49. The lowest BCUT2D eigenvalue weighted by Gasteiger charge is -2.27. The molecule has 0 aliphatic carbocycles. The summed E-state index contributed by atoms with van der Waals surface area (Å²) in [7, 11) is 3.79. The highest BCUT2D eigenvalue weighted by Crippen LogP contribution is 2.38. The SMILES string of the molecule is Cc1cc(C(C)(C)c2ccc(Oc3ncnc4c3ncn4C)c(C)c2)ccc1Oc1ncnc2c1ncn2C. The van der Waals surface area contributed by atoms with Gasteiger partial charge in [-0.05, 0) is 48.2 Å². The second kappa shape index (κ2) is 9.16. The first-order valence-electron chi connectivity index (χ1n) is 12.5. The van der Waals surface area contributed by atoms with E-state index in [-0.39, 0.29) is 5.41 Å². The first-order chi connectivity index (χ1) is 18.7. The molecule has 0 saturated carbocycles. The largest absolute Gasteiger partial charge is 0.437 e. The van der Waals surface area contributed by atoms with E-state index in [4.69, 9.17) is 9.47 Å². The molecule has 10 heteroatoms. The van der Waals surface area contributed by atoms with E-state index in [1.54, 1.807) is 12.7 Å². The van der Waals surface area contributed by atoms with Crippen LogP contribution in [0.25, 0.3) is 22.3 Å². The Bertz CT molecular complexity index is 1720. The van der Waals surface area contributed by atoms with E-state index in [0.29, 0.717) is 22.8 Å². The Kier molecular flexibility index (Phi) is 5.75. The maximum Gasteiger partial charge on any atom is 0.250 e. The first kappa shape index (κ1) is 24.5. The van der Waals surface area contributed by atoms with Gasteiger partial charge >= 0.3 is 0 Å². The third-order valence-corrected chi connectivity index (χ3v) is 7.13. The first-order valence-corrected chi connectivity index (χ1v) is 12.5. The van der Waals surface area contributed by atoms with Gasteiger partial charge < -0.3 is 18.6 Å². The quantitative estimate of drug-likeness (QED) is 0.281. The summed E-state index contributed by atoms with van der Waals surface area (Å²) in [4.78, 5) is 26.0. The van der Waals surface area contributed by atoms with Crippen molar-refractivity contribution in [3.05, 3.63) is 84.0 Å². The van der Waals surface area contributed by atoms with Gasteiger partial charge in [-0.15, -0.1) is 0 Å². The van der Waals surface area contributed by atoms with Crippen molar-refractivity contribution < 1.29 is 9.47 Å². The van der Waals surface area contributed by atoms with Crippen LogP contribution in [0.1, 0.15) is 36.1 Å². The van der Waals surface area contributed by atoms with E-state index in [9.17, 15) is 0 Å². The number of aromatic nitrogens is 8. The highest BCUT2D eigenvalue weighted by atomic mass is 16.5. The number of hydrogen-bond acceptors (Lipinski definition) is 8. The van der Waals surface area contributed by atoms with Crippen LogP contribution >= 0.6 is 0 Å². The molecule has 39 heavy (non-hydrogen) atoms. The Labute approximate surface area is 225 Å². The fraction of sp³-hybridized carbons (Fsp3) is 0.241. The van der Waals surface area contributed by atoms with Crippen molar-refractivity contribution in [2.75, 3.05) is 0 Å². The number of fused-ring (bicyclic) bond motifs is 2. The van der Waals surface area contributed by atoms with E-state index < -0.39 is 0 Å². The second-order valence-corrected chi connectivity index (χ2v) is 10.2. The third kappa shape index (κ3) is 4.23. The zero-order chi connectivity index (χ0) is 27.3. The molecule has 0 atom stereocenters. The fourth-order valence-corrected chi connectivity index (χ4v) is 4.68. The Morgan fingerprint density at radius 1 is 0.615 bits per heavy atom. The molecule has 0 unspecified atom stereocenters. The summed E-state index contributed by atoms with van der Waals surface area (Å²) in [5.74, 6) is 2.33. The van der Waals surface area contributed by atoms with Crippen LogP contribution in [0.4, 0.5) is 0 Å². The van der Waals surface area contributed by atoms with Gasteiger partial charge in [0.05, 0.1) is 12.7 Å². The van der Waals surface area contributed by atoms with Crippen molar-refractivity contribution >= 4 is 22.3 Å². The molecule has 0 saturated heterocycles. The van der Waals surface area contributed by atoms with Crippen molar-refractivity contribution in [3.63, 3.8) is 0 Å². The molecule has 0 spiro atoms. The van der Waals surface area contributed by atoms with Crippen LogP contribution in [0.15, 0.2) is 61.7 Å². The molecule has 4 heterocycles. The molecule has 0 fully saturated rings. The zero-order valence-corrected chi connectivity index (χ0v) is 22.7. The van der Waals surface area contributed by atoms with E-state index >= 15 is 0 Å². The summed E-state index contributed by atoms with van der Waals surface area (Å²) < 4.78 is 16.0. The van der Waals surface area contributed by atoms with Gasteiger partial charge in [0, 0.05) is 19.5 Å². The topological polar surface area (TPSA) is 106 Å². The van der Waals surface area contributed by atoms with Gasteiger partial charge in [0.2, 0.25) is 0 Å². The number of rotatable bonds is 6. The van der Waals surface area contributed by atoms with Crippen molar-refractivity contribution in [3.8, 4) is 23.3 Å². The molecule has 4 aromatic heterocycles. The number of nitrogens with zero attached hydrogens (tertiary/aromatic N) is 8. The number of hydrogen-bond donors (Lipinski definition) is 0. The number of ether oxygens (including phenoxy) is 2. The fourth-order valence-electron chi connectivity index (χ4n) is 4.68. The molecule has 10 nitrogen and oxygen atoms in total. The summed E-state index contributed by atoms with van der Waals surface area (Å²) in [5.41, 5.74) is 6.78. The molecule has 0 aliphatic rings. The lowest BCUT2D eigenvalue weighted by atomic mass is 9.77. The summed E-state index contributed by atoms with van der Waals surface area (Å²) >= 11 is 0. The lowest BCUT2D eigenvalue weighted by Crippen LogP contribution is -2.19. The molecule has 0 amide bonds. The van der Waals surface area contributed by atoms with E-state index in [1.165, 1.54) is 12.7 Å². The average molecular weight is 521 g/mol. The van der Waals surface area contributed by atoms with Gasteiger partial charge in [0.1, 0.15) is 24.2 Å². The maximum absolute atomic E-state index is 6.17. The normalized spacial score (nSPS) is 11.8. The minimum atomic E-state index is -0.265. The molecule has 0 aliphatic heterocycles. The smallest absolute Gasteiger partial charge is 0.250 e. The minimum absolute atomic E-state index is 0.265. The lowest BCUT2D eigenvalue weighted by molar-refractivity contribution is 0.462. The van der Waals surface area contributed by atoms with Crippen LogP contribution in [0, 0.1) is 13.8 Å². The van der Waals surface area contributed by atoms with Gasteiger partial charge in [-0.3, -0.25) is 0 Å². The molecule has 6 aromatic rings. The molecule has 0 bridgehead atoms. The second-order valence-electron chi connectivity index (χ2n) is 10.2. The van der Waals surface area contributed by atoms with Crippen LogP contribution in [0.2, 0.25) is 0 Å². The monoisotopic (exact) mass is 520 g/mol. The molecule has 2 aromatic carbocycles. The van der Waals surface area contributed by atoms with Crippen molar-refractivity contribution in [1.82, 2.24) is 39.0 Å². The summed E-state index contributed by atoms with van der Waals surface area (Å²) in [6, 6.07) is 12.5. The molecular formula is C29H28N8O2. The Morgan fingerprint density at radius 3 is 1.46 bits per heavy atom. The van der Waals surface area contributed by atoms with Crippen molar-refractivity contribution in [1.29, 1.82) is 0 Å². The number of benzene rings is 2. The number of imidazole rings is 2. The molecule has 196 valence electrons. The Hall–Kier alpha value is -4.86. The standard InChI is InChI=1S/C29H28N8O2/c1-17-11-19(7-9-21(17)38-27-23-25(30-13-32-27)36(5)15-34-23)29(3,4)20-8-10-22(18(2)12-20)39-28-24-26(31-14-33-28)37(6)16-35-24/h7-16H,1-6H3. The maximum atomic E-state index is 6.17. The van der Waals surface area contributed by atoms with Gasteiger partial charge in [-0.25, -0.2) is 19.9 Å². The van der Waals surface area contributed by atoms with Crippen LogP contribution in [-0.2, 0) is 19.5 Å². The zero-order valence-electron chi connectivity index (χ0n) is 22.7. The van der Waals surface area contributed by atoms with E-state index in [1.807, 2.05) is 49.2 Å². The molecular weight excluding hydrogens is 492 g/mol. The van der Waals surface area contributed by atoms with Crippen LogP contribution < -0.4 is 9.47 Å². The summed E-state index contributed by atoms with van der Waals surface area (Å²) in [5, 5.41) is 0. The predicted molar refractivity (Wildman–Crippen MR) is 147 cm³/mol. The van der Waals surface area contributed by atoms with Crippen molar-refractivity contribution in [2.24, 2.45) is 14.1 Å². The average Bonchev–Trinajstić information content (AvgIpc) is 3.50. The molecule has 6 rings (SSSR count). The highest BCUT2D eigenvalue weighted by molar-refractivity contribution is 5.77. The van der Waals surface area contributed by atoms with Crippen LogP contribution in [0.5, 0.6) is 23.3 Å². The Morgan fingerprint density at radius 2 is 1.05 bits per heavy atom. The minimum Gasteiger partial charge on any atom is -0.437 e. The van der Waals surface area contributed by atoms with Crippen molar-refractivity contribution in [2.45, 2.75) is 33.1 Å². The van der Waals surface area contributed by atoms with E-state index in [0.717, 1.165) is 45.0 Å².